The van der Waals surface area contributed by atoms with Crippen molar-refractivity contribution in [2.24, 2.45) is 0 Å². The van der Waals surface area contributed by atoms with Crippen molar-refractivity contribution >= 4 is 11.9 Å². The summed E-state index contributed by atoms with van der Waals surface area (Å²) in [6.45, 7) is 5.78. The van der Waals surface area contributed by atoms with E-state index in [1.165, 1.54) is 0 Å². The summed E-state index contributed by atoms with van der Waals surface area (Å²) in [7, 11) is 3.19. The number of rotatable bonds is 8. The lowest BCUT2D eigenvalue weighted by Crippen LogP contribution is -2.51. The number of methoxy groups -OCH3 is 2. The Kier molecular flexibility index (Phi) is 6.65. The summed E-state index contributed by atoms with van der Waals surface area (Å²) < 4.78 is 16.4. The number of carboxylic acid groups (broad SMARTS) is 1. The number of carbonyl (C=O) groups excluding carboxylic acids is 1. The lowest BCUT2D eigenvalue weighted by Gasteiger charge is -2.24. The Morgan fingerprint density at radius 3 is 2.26 bits per heavy atom. The van der Waals surface area contributed by atoms with Crippen molar-refractivity contribution in [2.75, 3.05) is 20.8 Å². The lowest BCUT2D eigenvalue weighted by atomic mass is 9.97. The number of carboxylic acids is 1. The molecule has 1 amide bonds. The van der Waals surface area contributed by atoms with Gasteiger partial charge >= 0.3 is 5.97 Å². The molecule has 2 aromatic rings. The van der Waals surface area contributed by atoms with E-state index >= 15 is 0 Å². The van der Waals surface area contributed by atoms with Crippen molar-refractivity contribution in [1.29, 1.82) is 0 Å². The fourth-order valence-corrected chi connectivity index (χ4v) is 3.68. The number of nitrogens with one attached hydrogen (secondary N) is 1. The van der Waals surface area contributed by atoms with E-state index in [0.29, 0.717) is 24.5 Å². The van der Waals surface area contributed by atoms with E-state index in [-0.39, 0.29) is 6.42 Å². The number of aliphatic carboxylic acids is 1. The summed E-state index contributed by atoms with van der Waals surface area (Å²) >= 11 is 0. The average molecular weight is 425 g/mol. The smallest absolute Gasteiger partial charge is 0.326 e. The van der Waals surface area contributed by atoms with Crippen LogP contribution in [0.25, 0.3) is 11.1 Å². The molecule has 2 aromatic carbocycles. The van der Waals surface area contributed by atoms with Crippen LogP contribution >= 0.6 is 0 Å². The highest BCUT2D eigenvalue weighted by atomic mass is 16.5. The van der Waals surface area contributed by atoms with E-state index < -0.39 is 23.5 Å². The zero-order valence-corrected chi connectivity index (χ0v) is 17.9. The van der Waals surface area contributed by atoms with Gasteiger partial charge in [-0.05, 0) is 35.8 Å². The molecule has 1 saturated heterocycles. The van der Waals surface area contributed by atoms with Gasteiger partial charge in [-0.1, -0.05) is 36.9 Å². The van der Waals surface area contributed by atoms with Crippen LogP contribution in [0.1, 0.15) is 18.9 Å². The molecule has 7 heteroatoms. The Labute approximate surface area is 181 Å². The lowest BCUT2D eigenvalue weighted by molar-refractivity contribution is -0.147. The van der Waals surface area contributed by atoms with E-state index in [4.69, 9.17) is 14.2 Å². The van der Waals surface area contributed by atoms with Crippen LogP contribution in [0.3, 0.4) is 0 Å². The quantitative estimate of drug-likeness (QED) is 0.631. The third kappa shape index (κ3) is 4.88. The van der Waals surface area contributed by atoms with Gasteiger partial charge in [0, 0.05) is 12.8 Å². The molecular weight excluding hydrogens is 398 g/mol. The van der Waals surface area contributed by atoms with Gasteiger partial charge in [-0.15, -0.1) is 0 Å². The molecule has 31 heavy (non-hydrogen) atoms. The first-order valence-electron chi connectivity index (χ1n) is 9.92. The number of hydrogen-bond acceptors (Lipinski definition) is 5. The van der Waals surface area contributed by atoms with Crippen LogP contribution < -0.4 is 14.8 Å². The van der Waals surface area contributed by atoms with Crippen molar-refractivity contribution in [3.63, 3.8) is 0 Å². The molecule has 3 rings (SSSR count). The first-order valence-corrected chi connectivity index (χ1v) is 9.92. The summed E-state index contributed by atoms with van der Waals surface area (Å²) in [6.07, 6.45) is 0.516. The molecule has 164 valence electrons. The third-order valence-corrected chi connectivity index (χ3v) is 5.38. The second-order valence-electron chi connectivity index (χ2n) is 7.75. The van der Waals surface area contributed by atoms with E-state index in [1.807, 2.05) is 42.5 Å². The van der Waals surface area contributed by atoms with Gasteiger partial charge in [0.1, 0.15) is 23.1 Å². The number of ether oxygens (including phenoxy) is 3. The first-order chi connectivity index (χ1) is 14.8. The van der Waals surface area contributed by atoms with Gasteiger partial charge in [-0.25, -0.2) is 4.79 Å². The maximum Gasteiger partial charge on any atom is 0.326 e. The van der Waals surface area contributed by atoms with E-state index in [1.54, 1.807) is 21.1 Å². The van der Waals surface area contributed by atoms with Crippen molar-refractivity contribution in [1.82, 2.24) is 5.32 Å². The number of benzene rings is 2. The highest BCUT2D eigenvalue weighted by molar-refractivity contribution is 5.89. The Balaban J connectivity index is 1.77. The van der Waals surface area contributed by atoms with Gasteiger partial charge in [0.15, 0.2) is 0 Å². The maximum absolute atomic E-state index is 12.6. The summed E-state index contributed by atoms with van der Waals surface area (Å²) in [6, 6.07) is 11.9. The molecule has 7 nitrogen and oxygen atoms in total. The molecule has 1 aliphatic heterocycles. The minimum Gasteiger partial charge on any atom is -0.496 e. The Morgan fingerprint density at radius 1 is 1.16 bits per heavy atom. The Hall–Kier alpha value is -3.32. The SMILES string of the molecule is C=C1COC(C)(C(=O)N[C@@H](Cc2ccc(-c3c(OC)cccc3OC)cc2)C(=O)O)C1. The monoisotopic (exact) mass is 425 g/mol. The molecular formula is C24H27NO6. The molecule has 0 aromatic heterocycles. The summed E-state index contributed by atoms with van der Waals surface area (Å²) in [5, 5.41) is 12.2. The normalized spacial score (nSPS) is 19.0. The molecule has 0 spiro atoms. The van der Waals surface area contributed by atoms with Crippen LogP contribution in [0.2, 0.25) is 0 Å². The van der Waals surface area contributed by atoms with Crippen LogP contribution in [0.4, 0.5) is 0 Å². The summed E-state index contributed by atoms with van der Waals surface area (Å²) in [5.74, 6) is -0.207. The van der Waals surface area contributed by atoms with Crippen molar-refractivity contribution in [3.05, 3.63) is 60.2 Å². The van der Waals surface area contributed by atoms with Crippen molar-refractivity contribution in [2.45, 2.75) is 31.4 Å². The molecule has 2 atom stereocenters. The molecule has 1 fully saturated rings. The molecule has 0 saturated carbocycles. The number of amides is 1. The molecule has 0 bridgehead atoms. The van der Waals surface area contributed by atoms with E-state index in [9.17, 15) is 14.7 Å². The van der Waals surface area contributed by atoms with E-state index in [2.05, 4.69) is 11.9 Å². The van der Waals surface area contributed by atoms with Gasteiger partial charge < -0.3 is 24.6 Å². The zero-order valence-electron chi connectivity index (χ0n) is 17.9. The first kappa shape index (κ1) is 22.4. The third-order valence-electron chi connectivity index (χ3n) is 5.38. The molecule has 0 radical (unpaired) electrons. The molecule has 1 unspecified atom stereocenters. The minimum atomic E-state index is -1.11. The standard InChI is InChI=1S/C24H27NO6/c1-15-13-24(2,31-14-15)23(28)25-18(22(26)27)12-16-8-10-17(11-9-16)21-19(29-3)6-5-7-20(21)30-4/h5-11,18H,1,12-14H2,2-4H3,(H,25,28)(H,26,27)/t18-,24?/m0/s1. The molecule has 2 N–H and O–H groups in total. The zero-order chi connectivity index (χ0) is 22.6. The Morgan fingerprint density at radius 2 is 1.77 bits per heavy atom. The molecule has 1 heterocycles. The largest absolute Gasteiger partial charge is 0.496 e. The summed E-state index contributed by atoms with van der Waals surface area (Å²) in [4.78, 5) is 24.4. The van der Waals surface area contributed by atoms with Crippen LogP contribution in [0, 0.1) is 0 Å². The highest BCUT2D eigenvalue weighted by Crippen LogP contribution is 2.38. The number of hydrogen-bond donors (Lipinski definition) is 2. The highest BCUT2D eigenvalue weighted by Gasteiger charge is 2.41. The minimum absolute atomic E-state index is 0.140. The topological polar surface area (TPSA) is 94.1 Å². The Bertz CT molecular complexity index is 962. The fourth-order valence-electron chi connectivity index (χ4n) is 3.68. The van der Waals surface area contributed by atoms with Crippen molar-refractivity contribution in [3.8, 4) is 22.6 Å². The average Bonchev–Trinajstić information content (AvgIpc) is 3.12. The fraction of sp³-hybridized carbons (Fsp3) is 0.333. The predicted molar refractivity (Wildman–Crippen MR) is 116 cm³/mol. The van der Waals surface area contributed by atoms with Gasteiger partial charge in [-0.3, -0.25) is 4.79 Å². The molecule has 0 aliphatic carbocycles. The van der Waals surface area contributed by atoms with Crippen LogP contribution in [-0.2, 0) is 20.7 Å². The molecule has 1 aliphatic rings. The van der Waals surface area contributed by atoms with Gasteiger partial charge in [0.2, 0.25) is 0 Å². The predicted octanol–water partition coefficient (Wildman–Crippen LogP) is 3.22. The van der Waals surface area contributed by atoms with Gasteiger partial charge in [0.05, 0.1) is 26.4 Å². The van der Waals surface area contributed by atoms with Gasteiger partial charge in [-0.2, -0.15) is 0 Å². The number of carbonyl (C=O) groups is 2. The second kappa shape index (κ2) is 9.22. The van der Waals surface area contributed by atoms with Gasteiger partial charge in [0.25, 0.3) is 5.91 Å². The van der Waals surface area contributed by atoms with Crippen molar-refractivity contribution < 1.29 is 28.9 Å². The maximum atomic E-state index is 12.6. The van der Waals surface area contributed by atoms with Crippen LogP contribution in [0.15, 0.2) is 54.6 Å². The second-order valence-corrected chi connectivity index (χ2v) is 7.75. The van der Waals surface area contributed by atoms with Crippen LogP contribution in [0.5, 0.6) is 11.5 Å². The summed E-state index contributed by atoms with van der Waals surface area (Å²) in [5.41, 5.74) is 2.18. The van der Waals surface area contributed by atoms with Crippen LogP contribution in [-0.4, -0.2) is 49.5 Å². The van der Waals surface area contributed by atoms with E-state index in [0.717, 1.165) is 22.3 Å².